The van der Waals surface area contributed by atoms with Crippen molar-refractivity contribution in [3.63, 3.8) is 0 Å². The van der Waals surface area contributed by atoms with Crippen molar-refractivity contribution < 1.29 is 18.1 Å². The molecule has 11 heteroatoms. The molecule has 2 aliphatic rings. The summed E-state index contributed by atoms with van der Waals surface area (Å²) in [4.78, 5) is 12.6. The van der Waals surface area contributed by atoms with Crippen LogP contribution >= 0.6 is 11.6 Å². The predicted octanol–water partition coefficient (Wildman–Crippen LogP) is 4.41. The average Bonchev–Trinajstić information content (AvgIpc) is 2.87. The van der Waals surface area contributed by atoms with Crippen molar-refractivity contribution in [2.24, 2.45) is 0 Å². The Labute approximate surface area is 213 Å². The highest BCUT2D eigenvalue weighted by Gasteiger charge is 2.28. The molecule has 1 aromatic carbocycles. The van der Waals surface area contributed by atoms with E-state index in [1.165, 1.54) is 42.3 Å². The van der Waals surface area contributed by atoms with Gasteiger partial charge in [-0.15, -0.1) is 0 Å². The Bertz CT molecular complexity index is 1040. The van der Waals surface area contributed by atoms with Gasteiger partial charge in [-0.1, -0.05) is 11.6 Å². The van der Waals surface area contributed by atoms with Crippen LogP contribution in [-0.4, -0.2) is 57.7 Å². The number of anilines is 1. The number of rotatable bonds is 6. The maximum absolute atomic E-state index is 14.4. The lowest BCUT2D eigenvalue weighted by Crippen LogP contribution is -2.39. The van der Waals surface area contributed by atoms with E-state index in [0.717, 1.165) is 13.2 Å². The normalized spacial score (nSPS) is 18.0. The molecule has 1 atom stereocenters. The lowest BCUT2D eigenvalue weighted by Gasteiger charge is -2.31. The number of piperidine rings is 1. The van der Waals surface area contributed by atoms with Crippen molar-refractivity contribution in [3.05, 3.63) is 45.6 Å². The summed E-state index contributed by atoms with van der Waals surface area (Å²) in [6, 6.07) is 4.23. The zero-order valence-electron chi connectivity index (χ0n) is 20.5. The third kappa shape index (κ3) is 7.49. The first kappa shape index (κ1) is 27.6. The number of ether oxygens (including phenoxy) is 2. The van der Waals surface area contributed by atoms with Gasteiger partial charge in [-0.3, -0.25) is 4.79 Å². The SMILES string of the molecule is C1CCOCC1.CNc1cnn(C2CCN(S(=O)c3ccc(OC(C)C)cc3F)CC2)c(=O)c1Cl. The van der Waals surface area contributed by atoms with Gasteiger partial charge in [-0.25, -0.2) is 17.6 Å². The molecule has 3 heterocycles. The lowest BCUT2D eigenvalue weighted by molar-refractivity contribution is 0.0968. The van der Waals surface area contributed by atoms with Crippen LogP contribution in [0.3, 0.4) is 0 Å². The summed E-state index contributed by atoms with van der Waals surface area (Å²) in [6.07, 6.45) is 6.50. The van der Waals surface area contributed by atoms with E-state index in [1.54, 1.807) is 17.4 Å². The van der Waals surface area contributed by atoms with E-state index in [0.29, 0.717) is 37.4 Å². The first-order valence-electron chi connectivity index (χ1n) is 12.0. The minimum atomic E-state index is -1.63. The van der Waals surface area contributed by atoms with Crippen LogP contribution in [0.5, 0.6) is 5.75 Å². The lowest BCUT2D eigenvalue weighted by atomic mass is 10.1. The molecule has 2 saturated heterocycles. The van der Waals surface area contributed by atoms with E-state index >= 15 is 0 Å². The number of nitrogens with one attached hydrogen (secondary N) is 1. The Kier molecular flexibility index (Phi) is 10.5. The van der Waals surface area contributed by atoms with E-state index in [4.69, 9.17) is 21.1 Å². The highest BCUT2D eigenvalue weighted by molar-refractivity contribution is 7.82. The molecule has 1 N–H and O–H groups in total. The summed E-state index contributed by atoms with van der Waals surface area (Å²) in [5, 5.41) is 7.12. The van der Waals surface area contributed by atoms with Gasteiger partial charge in [0.2, 0.25) is 0 Å². The van der Waals surface area contributed by atoms with E-state index in [-0.39, 0.29) is 27.6 Å². The molecule has 0 aliphatic carbocycles. The molecule has 0 amide bonds. The summed E-state index contributed by atoms with van der Waals surface area (Å²) >= 11 is 6.09. The van der Waals surface area contributed by atoms with Gasteiger partial charge in [0.05, 0.1) is 28.9 Å². The molecule has 0 radical (unpaired) electrons. The Morgan fingerprint density at radius 2 is 1.91 bits per heavy atom. The number of halogens is 2. The Morgan fingerprint density at radius 3 is 2.43 bits per heavy atom. The molecule has 4 rings (SSSR count). The molecule has 1 unspecified atom stereocenters. The van der Waals surface area contributed by atoms with Crippen molar-refractivity contribution in [1.29, 1.82) is 0 Å². The number of hydrogen-bond acceptors (Lipinski definition) is 6. The molecular weight excluding hydrogens is 495 g/mol. The largest absolute Gasteiger partial charge is 0.491 e. The summed E-state index contributed by atoms with van der Waals surface area (Å²) in [7, 11) is 0.0381. The highest BCUT2D eigenvalue weighted by atomic mass is 35.5. The second-order valence-electron chi connectivity index (χ2n) is 8.71. The van der Waals surface area contributed by atoms with Gasteiger partial charge >= 0.3 is 0 Å². The summed E-state index contributed by atoms with van der Waals surface area (Å²) in [5.74, 6) is -0.153. The number of nitrogens with zero attached hydrogens (tertiary/aromatic N) is 3. The number of aromatic nitrogens is 2. The Hall–Kier alpha value is -2.01. The van der Waals surface area contributed by atoms with Gasteiger partial charge in [0, 0.05) is 39.4 Å². The topological polar surface area (TPSA) is 85.7 Å². The molecule has 8 nitrogen and oxygen atoms in total. The minimum absolute atomic E-state index is 0.0718. The predicted molar refractivity (Wildman–Crippen MR) is 136 cm³/mol. The fraction of sp³-hybridized carbons (Fsp3) is 0.583. The third-order valence-corrected chi connectivity index (χ3v) is 7.66. The van der Waals surface area contributed by atoms with Gasteiger partial charge in [0.1, 0.15) is 27.6 Å². The van der Waals surface area contributed by atoms with Crippen LogP contribution in [-0.2, 0) is 15.7 Å². The van der Waals surface area contributed by atoms with E-state index < -0.39 is 16.8 Å². The molecule has 35 heavy (non-hydrogen) atoms. The molecule has 2 fully saturated rings. The zero-order chi connectivity index (χ0) is 25.4. The molecular formula is C24H34ClFN4O4S. The van der Waals surface area contributed by atoms with Crippen molar-refractivity contribution in [2.45, 2.75) is 63.0 Å². The first-order chi connectivity index (χ1) is 16.8. The molecule has 1 aromatic heterocycles. The molecule has 2 aliphatic heterocycles. The van der Waals surface area contributed by atoms with Crippen LogP contribution in [0, 0.1) is 5.82 Å². The van der Waals surface area contributed by atoms with E-state index in [2.05, 4.69) is 10.4 Å². The second kappa shape index (κ2) is 13.3. The van der Waals surface area contributed by atoms with Crippen LogP contribution in [0.1, 0.15) is 52.0 Å². The van der Waals surface area contributed by atoms with Crippen molar-refractivity contribution in [3.8, 4) is 5.75 Å². The Balaban J connectivity index is 0.000000497. The van der Waals surface area contributed by atoms with Gasteiger partial charge in [-0.2, -0.15) is 5.10 Å². The molecule has 0 spiro atoms. The van der Waals surface area contributed by atoms with Crippen LogP contribution in [0.25, 0.3) is 0 Å². The van der Waals surface area contributed by atoms with E-state index in [9.17, 15) is 13.4 Å². The van der Waals surface area contributed by atoms with Crippen molar-refractivity contribution >= 4 is 28.3 Å². The standard InChI is InChI=1S/C19H24ClFN4O3S.C5H10O/c1-12(2)28-14-4-5-17(15(21)10-14)29(27)24-8-6-13(7-9-24)25-19(26)18(20)16(22-3)11-23-25;1-2-4-6-5-3-1/h4-5,10-13,22H,6-9H2,1-3H3;1-5H2. The summed E-state index contributed by atoms with van der Waals surface area (Å²) in [5.41, 5.74) is 0.122. The Morgan fingerprint density at radius 1 is 1.23 bits per heavy atom. The third-order valence-electron chi connectivity index (χ3n) is 5.76. The van der Waals surface area contributed by atoms with Crippen molar-refractivity contribution in [2.75, 3.05) is 38.7 Å². The fourth-order valence-electron chi connectivity index (χ4n) is 3.93. The number of hydrogen-bond donors (Lipinski definition) is 1. The first-order valence-corrected chi connectivity index (χ1v) is 13.5. The smallest absolute Gasteiger partial charge is 0.287 e. The van der Waals surface area contributed by atoms with Crippen LogP contribution in [0.15, 0.2) is 34.1 Å². The van der Waals surface area contributed by atoms with Gasteiger partial charge in [0.25, 0.3) is 5.56 Å². The van der Waals surface area contributed by atoms with Gasteiger partial charge < -0.3 is 14.8 Å². The zero-order valence-corrected chi connectivity index (χ0v) is 22.0. The maximum Gasteiger partial charge on any atom is 0.287 e. The van der Waals surface area contributed by atoms with Crippen LogP contribution in [0.2, 0.25) is 5.02 Å². The summed E-state index contributed by atoms with van der Waals surface area (Å²) in [6.45, 7) is 6.60. The molecule has 0 bridgehead atoms. The fourth-order valence-corrected chi connectivity index (χ4v) is 5.39. The van der Waals surface area contributed by atoms with Crippen LogP contribution < -0.4 is 15.6 Å². The monoisotopic (exact) mass is 528 g/mol. The molecule has 0 saturated carbocycles. The summed E-state index contributed by atoms with van der Waals surface area (Å²) < 4.78 is 40.9. The quantitative estimate of drug-likeness (QED) is 0.597. The molecule has 194 valence electrons. The maximum atomic E-state index is 14.4. The van der Waals surface area contributed by atoms with Gasteiger partial charge in [-0.05, 0) is 58.1 Å². The number of benzene rings is 1. The van der Waals surface area contributed by atoms with Gasteiger partial charge in [0.15, 0.2) is 0 Å². The minimum Gasteiger partial charge on any atom is -0.491 e. The van der Waals surface area contributed by atoms with Crippen LogP contribution in [0.4, 0.5) is 10.1 Å². The highest BCUT2D eigenvalue weighted by Crippen LogP contribution is 2.27. The average molecular weight is 529 g/mol. The molecule has 2 aromatic rings. The second-order valence-corrected chi connectivity index (χ2v) is 10.5. The van der Waals surface area contributed by atoms with E-state index in [1.807, 2.05) is 13.8 Å². The van der Waals surface area contributed by atoms with Crippen molar-refractivity contribution in [1.82, 2.24) is 14.1 Å².